The molecule has 0 aliphatic rings. The van der Waals surface area contributed by atoms with Crippen molar-refractivity contribution >= 4 is 41.5 Å². The molecular weight excluding hydrogens is 337 g/mol. The summed E-state index contributed by atoms with van der Waals surface area (Å²) in [6.07, 6.45) is 0.885. The molecule has 0 aromatic heterocycles. The summed E-state index contributed by atoms with van der Waals surface area (Å²) in [5, 5.41) is 6.14. The van der Waals surface area contributed by atoms with E-state index in [0.717, 1.165) is 0 Å². The number of hydrogen-bond acceptors (Lipinski definition) is 3. The second kappa shape index (κ2) is 9.75. The van der Waals surface area contributed by atoms with Gasteiger partial charge in [0.1, 0.15) is 0 Å². The van der Waals surface area contributed by atoms with Gasteiger partial charge in [0, 0.05) is 23.7 Å². The van der Waals surface area contributed by atoms with E-state index in [4.69, 9.17) is 17.3 Å². The van der Waals surface area contributed by atoms with Crippen molar-refractivity contribution < 1.29 is 9.59 Å². The average molecular weight is 362 g/mol. The Kier molecular flexibility index (Phi) is 9.20. The van der Waals surface area contributed by atoms with Crippen LogP contribution in [0.2, 0.25) is 5.02 Å². The van der Waals surface area contributed by atoms with Crippen LogP contribution in [-0.2, 0) is 9.59 Å². The van der Waals surface area contributed by atoms with Crippen LogP contribution in [-0.4, -0.2) is 24.4 Å². The lowest BCUT2D eigenvalue weighted by atomic mass is 9.87. The number of carbonyl (C=O) groups is 2. The Balaban J connectivity index is 0.00000484. The lowest BCUT2D eigenvalue weighted by molar-refractivity contribution is -0.124. The standard InChI is InChI=1S/C16H24ClN3O2.ClH/c1-16(2,3)14(18)15(22)19-10-4-5-13(21)20-12-8-6-11(17)7-9-12;/h6-9,14H,4-5,10,18H2,1-3H3,(H,19,22)(H,20,21);1H/t14-;/m1./s1. The number of anilines is 1. The van der Waals surface area contributed by atoms with Crippen LogP contribution in [0.15, 0.2) is 24.3 Å². The minimum absolute atomic E-state index is 0. The molecule has 130 valence electrons. The predicted octanol–water partition coefficient (Wildman–Crippen LogP) is 2.97. The van der Waals surface area contributed by atoms with Crippen molar-refractivity contribution in [1.29, 1.82) is 0 Å². The zero-order chi connectivity index (χ0) is 16.8. The Morgan fingerprint density at radius 3 is 2.30 bits per heavy atom. The maximum Gasteiger partial charge on any atom is 0.237 e. The second-order valence-electron chi connectivity index (χ2n) is 6.29. The first-order chi connectivity index (χ1) is 10.2. The van der Waals surface area contributed by atoms with Gasteiger partial charge in [-0.1, -0.05) is 32.4 Å². The summed E-state index contributed by atoms with van der Waals surface area (Å²) in [6.45, 7) is 6.17. The first kappa shape index (κ1) is 21.7. The van der Waals surface area contributed by atoms with Crippen molar-refractivity contribution in [3.05, 3.63) is 29.3 Å². The molecule has 4 N–H and O–H groups in total. The maximum absolute atomic E-state index is 11.8. The largest absolute Gasteiger partial charge is 0.355 e. The summed E-state index contributed by atoms with van der Waals surface area (Å²) in [4.78, 5) is 23.6. The van der Waals surface area contributed by atoms with Crippen LogP contribution in [0.1, 0.15) is 33.6 Å². The fourth-order valence-corrected chi connectivity index (χ4v) is 1.85. The SMILES string of the molecule is CC(C)(C)[C@H](N)C(=O)NCCCC(=O)Nc1ccc(Cl)cc1.Cl. The lowest BCUT2D eigenvalue weighted by Gasteiger charge is -2.25. The topological polar surface area (TPSA) is 84.2 Å². The molecule has 1 atom stereocenters. The van der Waals surface area contributed by atoms with Crippen molar-refractivity contribution in [3.8, 4) is 0 Å². The predicted molar refractivity (Wildman–Crippen MR) is 97.0 cm³/mol. The van der Waals surface area contributed by atoms with Gasteiger partial charge in [-0.25, -0.2) is 0 Å². The second-order valence-corrected chi connectivity index (χ2v) is 6.73. The van der Waals surface area contributed by atoms with Crippen molar-refractivity contribution in [2.45, 2.75) is 39.7 Å². The van der Waals surface area contributed by atoms with Crippen LogP contribution < -0.4 is 16.4 Å². The molecule has 0 aliphatic heterocycles. The molecule has 0 bridgehead atoms. The van der Waals surface area contributed by atoms with Crippen LogP contribution in [0, 0.1) is 5.41 Å². The van der Waals surface area contributed by atoms with Gasteiger partial charge in [-0.2, -0.15) is 0 Å². The van der Waals surface area contributed by atoms with Crippen LogP contribution in [0.4, 0.5) is 5.69 Å². The van der Waals surface area contributed by atoms with Gasteiger partial charge in [-0.15, -0.1) is 12.4 Å². The average Bonchev–Trinajstić information content (AvgIpc) is 2.44. The number of rotatable bonds is 6. The fraction of sp³-hybridized carbons (Fsp3) is 0.500. The van der Waals surface area contributed by atoms with E-state index in [1.807, 2.05) is 20.8 Å². The van der Waals surface area contributed by atoms with E-state index in [1.165, 1.54) is 0 Å². The Hall–Kier alpha value is -1.30. The molecule has 0 saturated carbocycles. The Morgan fingerprint density at radius 2 is 1.78 bits per heavy atom. The van der Waals surface area contributed by atoms with E-state index in [-0.39, 0.29) is 29.6 Å². The highest BCUT2D eigenvalue weighted by Crippen LogP contribution is 2.17. The molecule has 0 fully saturated rings. The molecule has 1 aromatic carbocycles. The maximum atomic E-state index is 11.8. The van der Waals surface area contributed by atoms with E-state index in [2.05, 4.69) is 10.6 Å². The molecular formula is C16H25Cl2N3O2. The van der Waals surface area contributed by atoms with Crippen molar-refractivity contribution in [2.75, 3.05) is 11.9 Å². The monoisotopic (exact) mass is 361 g/mol. The summed E-state index contributed by atoms with van der Waals surface area (Å²) in [6, 6.07) is 6.35. The molecule has 0 heterocycles. The van der Waals surface area contributed by atoms with Gasteiger partial charge in [-0.05, 0) is 36.1 Å². The number of nitrogens with two attached hydrogens (primary N) is 1. The highest BCUT2D eigenvalue weighted by atomic mass is 35.5. The molecule has 1 rings (SSSR count). The van der Waals surface area contributed by atoms with Gasteiger partial charge in [0.2, 0.25) is 11.8 Å². The summed E-state index contributed by atoms with van der Waals surface area (Å²) in [5.74, 6) is -0.290. The third-order valence-corrected chi connectivity index (χ3v) is 3.48. The third-order valence-electron chi connectivity index (χ3n) is 3.22. The molecule has 0 radical (unpaired) electrons. The van der Waals surface area contributed by atoms with E-state index in [0.29, 0.717) is 30.1 Å². The molecule has 5 nitrogen and oxygen atoms in total. The normalized spacial score (nSPS) is 12.0. The quantitative estimate of drug-likeness (QED) is 0.681. The van der Waals surface area contributed by atoms with Crippen LogP contribution in [0.3, 0.4) is 0 Å². The number of amides is 2. The number of hydrogen-bond donors (Lipinski definition) is 3. The molecule has 0 unspecified atom stereocenters. The van der Waals surface area contributed by atoms with E-state index in [1.54, 1.807) is 24.3 Å². The number of nitrogens with one attached hydrogen (secondary N) is 2. The first-order valence-electron chi connectivity index (χ1n) is 7.29. The molecule has 0 saturated heterocycles. The number of halogens is 2. The first-order valence-corrected chi connectivity index (χ1v) is 7.66. The van der Waals surface area contributed by atoms with E-state index < -0.39 is 6.04 Å². The summed E-state index contributed by atoms with van der Waals surface area (Å²) < 4.78 is 0. The Labute approximate surface area is 148 Å². The van der Waals surface area contributed by atoms with E-state index >= 15 is 0 Å². The van der Waals surface area contributed by atoms with Crippen molar-refractivity contribution in [2.24, 2.45) is 11.1 Å². The lowest BCUT2D eigenvalue weighted by Crippen LogP contribution is -2.48. The minimum atomic E-state index is -0.560. The summed E-state index contributed by atoms with van der Waals surface area (Å²) in [7, 11) is 0. The molecule has 7 heteroatoms. The van der Waals surface area contributed by atoms with Crippen molar-refractivity contribution in [3.63, 3.8) is 0 Å². The van der Waals surface area contributed by atoms with Crippen LogP contribution in [0.25, 0.3) is 0 Å². The highest BCUT2D eigenvalue weighted by Gasteiger charge is 2.26. The van der Waals surface area contributed by atoms with Gasteiger partial charge >= 0.3 is 0 Å². The van der Waals surface area contributed by atoms with Crippen LogP contribution in [0.5, 0.6) is 0 Å². The highest BCUT2D eigenvalue weighted by molar-refractivity contribution is 6.30. The smallest absolute Gasteiger partial charge is 0.237 e. The van der Waals surface area contributed by atoms with Gasteiger partial charge in [0.25, 0.3) is 0 Å². The van der Waals surface area contributed by atoms with Crippen molar-refractivity contribution in [1.82, 2.24) is 5.32 Å². The molecule has 0 spiro atoms. The van der Waals surface area contributed by atoms with E-state index in [9.17, 15) is 9.59 Å². The van der Waals surface area contributed by atoms with Crippen LogP contribution >= 0.6 is 24.0 Å². The zero-order valence-corrected chi connectivity index (χ0v) is 15.3. The zero-order valence-electron chi connectivity index (χ0n) is 13.7. The summed E-state index contributed by atoms with van der Waals surface area (Å²) >= 11 is 5.77. The minimum Gasteiger partial charge on any atom is -0.355 e. The molecule has 2 amide bonds. The van der Waals surface area contributed by atoms with Gasteiger partial charge in [-0.3, -0.25) is 9.59 Å². The number of benzene rings is 1. The third kappa shape index (κ3) is 8.21. The Morgan fingerprint density at radius 1 is 1.22 bits per heavy atom. The molecule has 1 aromatic rings. The van der Waals surface area contributed by atoms with Gasteiger partial charge in [0.15, 0.2) is 0 Å². The van der Waals surface area contributed by atoms with Gasteiger partial charge < -0.3 is 16.4 Å². The number of carbonyl (C=O) groups excluding carboxylic acids is 2. The molecule has 0 aliphatic carbocycles. The summed E-state index contributed by atoms with van der Waals surface area (Å²) in [5.41, 5.74) is 6.27. The molecule has 23 heavy (non-hydrogen) atoms. The van der Waals surface area contributed by atoms with Gasteiger partial charge in [0.05, 0.1) is 6.04 Å². The fourth-order valence-electron chi connectivity index (χ4n) is 1.72. The Bertz CT molecular complexity index is 513.